The van der Waals surface area contributed by atoms with Crippen molar-refractivity contribution in [2.75, 3.05) is 43.6 Å². The van der Waals surface area contributed by atoms with E-state index >= 15 is 0 Å². The van der Waals surface area contributed by atoms with Crippen molar-refractivity contribution in [1.82, 2.24) is 15.6 Å². The Morgan fingerprint density at radius 3 is 2.75 bits per heavy atom. The number of hydrogen-bond donors (Lipinski definition) is 2. The van der Waals surface area contributed by atoms with Gasteiger partial charge in [0.05, 0.1) is 0 Å². The Morgan fingerprint density at radius 1 is 1.38 bits per heavy atom. The normalized spacial score (nSPS) is 15.8. The first-order valence-corrected chi connectivity index (χ1v) is 9.77. The van der Waals surface area contributed by atoms with Crippen LogP contribution in [0.5, 0.6) is 0 Å². The highest BCUT2D eigenvalue weighted by Crippen LogP contribution is 2.18. The van der Waals surface area contributed by atoms with Crippen LogP contribution >= 0.6 is 35.7 Å². The summed E-state index contributed by atoms with van der Waals surface area (Å²) in [5, 5.41) is 6.95. The van der Waals surface area contributed by atoms with E-state index in [0.29, 0.717) is 6.04 Å². The summed E-state index contributed by atoms with van der Waals surface area (Å²) in [6, 6.07) is 6.72. The predicted octanol–water partition coefficient (Wildman–Crippen LogP) is 2.89. The van der Waals surface area contributed by atoms with E-state index in [0.717, 1.165) is 49.9 Å². The second-order valence-corrected chi connectivity index (χ2v) is 6.87. The molecule has 0 saturated carbocycles. The highest BCUT2D eigenvalue weighted by Gasteiger charge is 2.20. The van der Waals surface area contributed by atoms with E-state index in [1.165, 1.54) is 12.2 Å². The maximum absolute atomic E-state index is 4.62. The van der Waals surface area contributed by atoms with Crippen LogP contribution in [-0.4, -0.2) is 55.7 Å². The number of rotatable bonds is 6. The first kappa shape index (κ1) is 21.3. The molecule has 0 amide bonds. The number of aryl methyl sites for hydroxylation is 1. The molecule has 1 fully saturated rings. The molecule has 1 aromatic heterocycles. The van der Waals surface area contributed by atoms with Crippen LogP contribution in [-0.2, 0) is 0 Å². The maximum Gasteiger partial charge on any atom is 0.191 e. The van der Waals surface area contributed by atoms with E-state index in [2.05, 4.69) is 43.9 Å². The third-order valence-corrected chi connectivity index (χ3v) is 4.77. The number of halogens is 1. The second kappa shape index (κ2) is 11.8. The van der Waals surface area contributed by atoms with Crippen molar-refractivity contribution in [1.29, 1.82) is 0 Å². The predicted molar refractivity (Wildman–Crippen MR) is 117 cm³/mol. The van der Waals surface area contributed by atoms with Gasteiger partial charge in [-0.25, -0.2) is 4.98 Å². The van der Waals surface area contributed by atoms with Crippen LogP contribution in [0, 0.1) is 6.92 Å². The summed E-state index contributed by atoms with van der Waals surface area (Å²) in [6.07, 6.45) is 5.53. The minimum atomic E-state index is 0. The number of guanidine groups is 1. The van der Waals surface area contributed by atoms with Crippen molar-refractivity contribution in [2.45, 2.75) is 32.2 Å². The van der Waals surface area contributed by atoms with Crippen LogP contribution < -0.4 is 15.5 Å². The Morgan fingerprint density at radius 2 is 2.12 bits per heavy atom. The van der Waals surface area contributed by atoms with E-state index < -0.39 is 0 Å². The molecule has 5 nitrogen and oxygen atoms in total. The number of aliphatic imine (C=N–C) groups is 1. The number of hydrogen-bond acceptors (Lipinski definition) is 4. The Hall–Kier alpha value is -0.700. The molecular weight excluding hydrogens is 433 g/mol. The van der Waals surface area contributed by atoms with Crippen LogP contribution in [0.3, 0.4) is 0 Å². The zero-order valence-corrected chi connectivity index (χ0v) is 18.1. The van der Waals surface area contributed by atoms with Gasteiger partial charge in [0, 0.05) is 38.4 Å². The van der Waals surface area contributed by atoms with Gasteiger partial charge in [-0.2, -0.15) is 11.8 Å². The lowest BCUT2D eigenvalue weighted by atomic mass is 10.1. The molecule has 0 radical (unpaired) electrons. The Kier molecular flexibility index (Phi) is 10.5. The lowest BCUT2D eigenvalue weighted by Crippen LogP contribution is -2.49. The molecule has 2 heterocycles. The van der Waals surface area contributed by atoms with E-state index in [-0.39, 0.29) is 24.0 Å². The van der Waals surface area contributed by atoms with Gasteiger partial charge in [-0.1, -0.05) is 6.07 Å². The topological polar surface area (TPSA) is 52.6 Å². The lowest BCUT2D eigenvalue weighted by molar-refractivity contribution is 0.459. The van der Waals surface area contributed by atoms with Crippen LogP contribution in [0.2, 0.25) is 0 Å². The summed E-state index contributed by atoms with van der Waals surface area (Å²) in [5.41, 5.74) is 1.08. The van der Waals surface area contributed by atoms with Crippen molar-refractivity contribution >= 4 is 47.5 Å². The van der Waals surface area contributed by atoms with Crippen LogP contribution in [0.15, 0.2) is 23.2 Å². The number of thioether (sulfide) groups is 1. The molecule has 0 atom stereocenters. The number of piperidine rings is 1. The van der Waals surface area contributed by atoms with Gasteiger partial charge in [0.25, 0.3) is 0 Å². The zero-order valence-electron chi connectivity index (χ0n) is 14.9. The fourth-order valence-corrected chi connectivity index (χ4v) is 3.20. The second-order valence-electron chi connectivity index (χ2n) is 5.89. The van der Waals surface area contributed by atoms with Crippen molar-refractivity contribution in [3.05, 3.63) is 23.9 Å². The highest BCUT2D eigenvalue weighted by molar-refractivity contribution is 14.0. The van der Waals surface area contributed by atoms with Gasteiger partial charge in [-0.3, -0.25) is 4.99 Å². The first-order chi connectivity index (χ1) is 11.2. The fourth-order valence-electron chi connectivity index (χ4n) is 2.77. The summed E-state index contributed by atoms with van der Waals surface area (Å²) in [6.45, 7) is 5.10. The van der Waals surface area contributed by atoms with E-state index in [4.69, 9.17) is 0 Å². The standard InChI is InChI=1S/C17H29N5S.HI/c1-14-6-4-7-16(20-14)22-11-8-15(9-12-22)21-17(18-2)19-10-5-13-23-3;/h4,6-7,15H,5,8-13H2,1-3H3,(H2,18,19,21);1H. The summed E-state index contributed by atoms with van der Waals surface area (Å²) in [4.78, 5) is 11.3. The van der Waals surface area contributed by atoms with Gasteiger partial charge in [0.15, 0.2) is 5.96 Å². The molecular formula is C17H30IN5S. The number of nitrogens with zero attached hydrogens (tertiary/aromatic N) is 3. The number of pyridine rings is 1. The van der Waals surface area contributed by atoms with Crippen LogP contribution in [0.25, 0.3) is 0 Å². The molecule has 1 aliphatic heterocycles. The molecule has 136 valence electrons. The Labute approximate surface area is 167 Å². The molecule has 0 aromatic carbocycles. The van der Waals surface area contributed by atoms with Crippen molar-refractivity contribution in [3.63, 3.8) is 0 Å². The lowest BCUT2D eigenvalue weighted by Gasteiger charge is -2.34. The minimum Gasteiger partial charge on any atom is -0.356 e. The molecule has 0 spiro atoms. The van der Waals surface area contributed by atoms with Crippen molar-refractivity contribution in [3.8, 4) is 0 Å². The first-order valence-electron chi connectivity index (χ1n) is 8.37. The summed E-state index contributed by atoms with van der Waals surface area (Å²) in [7, 11) is 1.84. The third kappa shape index (κ3) is 7.04. The molecule has 2 N–H and O–H groups in total. The summed E-state index contributed by atoms with van der Waals surface area (Å²) >= 11 is 1.88. The zero-order chi connectivity index (χ0) is 16.5. The van der Waals surface area contributed by atoms with E-state index in [1.807, 2.05) is 31.8 Å². The monoisotopic (exact) mass is 463 g/mol. The van der Waals surface area contributed by atoms with Gasteiger partial charge in [0.2, 0.25) is 0 Å². The number of nitrogens with one attached hydrogen (secondary N) is 2. The SMILES string of the molecule is CN=C(NCCCSC)NC1CCN(c2cccc(C)n2)CC1.I. The van der Waals surface area contributed by atoms with Gasteiger partial charge >= 0.3 is 0 Å². The molecule has 2 rings (SSSR count). The smallest absolute Gasteiger partial charge is 0.191 e. The highest BCUT2D eigenvalue weighted by atomic mass is 127. The van der Waals surface area contributed by atoms with Gasteiger partial charge in [-0.05, 0) is 50.3 Å². The molecule has 1 aromatic rings. The Balaban J connectivity index is 0.00000288. The average Bonchev–Trinajstić information content (AvgIpc) is 2.58. The molecule has 0 bridgehead atoms. The third-order valence-electron chi connectivity index (χ3n) is 4.07. The van der Waals surface area contributed by atoms with E-state index in [1.54, 1.807) is 0 Å². The number of anilines is 1. The van der Waals surface area contributed by atoms with Crippen LogP contribution in [0.1, 0.15) is 25.0 Å². The quantitative estimate of drug-likeness (QED) is 0.294. The minimum absolute atomic E-state index is 0. The van der Waals surface area contributed by atoms with Gasteiger partial charge in [-0.15, -0.1) is 24.0 Å². The number of aromatic nitrogens is 1. The molecule has 1 saturated heterocycles. The largest absolute Gasteiger partial charge is 0.356 e. The summed E-state index contributed by atoms with van der Waals surface area (Å²) < 4.78 is 0. The van der Waals surface area contributed by atoms with Gasteiger partial charge < -0.3 is 15.5 Å². The van der Waals surface area contributed by atoms with Crippen molar-refractivity contribution < 1.29 is 0 Å². The van der Waals surface area contributed by atoms with E-state index in [9.17, 15) is 0 Å². The molecule has 0 unspecified atom stereocenters. The maximum atomic E-state index is 4.62. The van der Waals surface area contributed by atoms with Crippen molar-refractivity contribution in [2.24, 2.45) is 4.99 Å². The molecule has 1 aliphatic rings. The molecule has 0 aliphatic carbocycles. The molecule has 7 heteroatoms. The average molecular weight is 463 g/mol. The van der Waals surface area contributed by atoms with Gasteiger partial charge in [0.1, 0.15) is 5.82 Å². The fraction of sp³-hybridized carbons (Fsp3) is 0.647. The Bertz CT molecular complexity index is 504. The van der Waals surface area contributed by atoms with Crippen LogP contribution in [0.4, 0.5) is 5.82 Å². The summed E-state index contributed by atoms with van der Waals surface area (Å²) in [5.74, 6) is 3.22. The molecule has 24 heavy (non-hydrogen) atoms.